The zero-order valence-corrected chi connectivity index (χ0v) is 9.06. The maximum atomic E-state index is 11.5. The summed E-state index contributed by atoms with van der Waals surface area (Å²) in [5, 5.41) is 9.35. The molecule has 14 heavy (non-hydrogen) atoms. The third-order valence-electron chi connectivity index (χ3n) is 2.03. The van der Waals surface area contributed by atoms with Crippen molar-refractivity contribution in [2.24, 2.45) is 5.92 Å². The van der Waals surface area contributed by atoms with E-state index in [1.165, 1.54) is 0 Å². The lowest BCUT2D eigenvalue weighted by Crippen LogP contribution is -2.22. The van der Waals surface area contributed by atoms with Crippen LogP contribution in [0.3, 0.4) is 0 Å². The van der Waals surface area contributed by atoms with E-state index in [-0.39, 0.29) is 11.8 Å². The summed E-state index contributed by atoms with van der Waals surface area (Å²) < 4.78 is 0. The van der Waals surface area contributed by atoms with Crippen LogP contribution >= 0.6 is 11.6 Å². The summed E-state index contributed by atoms with van der Waals surface area (Å²) >= 11 is 5.57. The molecule has 5 heteroatoms. The standard InChI is InChI=1S/C9H14ClN3O/c1-3-7-5-11-13-8(7)12-9(14)6(2)4-10/h5-6H,3-4H2,1-2H3,(H2,11,12,13,14). The van der Waals surface area contributed by atoms with Crippen molar-refractivity contribution in [1.82, 2.24) is 10.2 Å². The van der Waals surface area contributed by atoms with Crippen LogP contribution in [0.4, 0.5) is 5.82 Å². The van der Waals surface area contributed by atoms with Crippen LogP contribution in [0.2, 0.25) is 0 Å². The van der Waals surface area contributed by atoms with E-state index in [1.807, 2.05) is 6.92 Å². The van der Waals surface area contributed by atoms with E-state index in [0.29, 0.717) is 11.7 Å². The lowest BCUT2D eigenvalue weighted by Gasteiger charge is -2.08. The van der Waals surface area contributed by atoms with Gasteiger partial charge in [-0.3, -0.25) is 9.89 Å². The summed E-state index contributed by atoms with van der Waals surface area (Å²) in [6.45, 7) is 3.79. The van der Waals surface area contributed by atoms with E-state index < -0.39 is 0 Å². The number of hydrogen-bond donors (Lipinski definition) is 2. The van der Waals surface area contributed by atoms with Gasteiger partial charge in [-0.1, -0.05) is 13.8 Å². The molecule has 0 saturated carbocycles. The molecule has 2 N–H and O–H groups in total. The summed E-state index contributed by atoms with van der Waals surface area (Å²) in [4.78, 5) is 11.5. The topological polar surface area (TPSA) is 57.8 Å². The number of H-pyrrole nitrogens is 1. The van der Waals surface area contributed by atoms with Gasteiger partial charge in [0.15, 0.2) is 0 Å². The number of carbonyl (C=O) groups excluding carboxylic acids is 1. The average molecular weight is 216 g/mol. The fourth-order valence-electron chi connectivity index (χ4n) is 1.00. The Labute approximate surface area is 88.0 Å². The number of amides is 1. The molecule has 1 heterocycles. The largest absolute Gasteiger partial charge is 0.311 e. The number of hydrogen-bond acceptors (Lipinski definition) is 2. The van der Waals surface area contributed by atoms with Crippen LogP contribution in [0.15, 0.2) is 6.20 Å². The molecule has 0 aromatic carbocycles. The third kappa shape index (κ3) is 2.48. The molecule has 0 aliphatic heterocycles. The SMILES string of the molecule is CCc1cn[nH]c1NC(=O)C(C)CCl. The van der Waals surface area contributed by atoms with Gasteiger partial charge >= 0.3 is 0 Å². The molecule has 78 valence electrons. The number of halogens is 1. The first-order chi connectivity index (χ1) is 6.69. The molecule has 0 saturated heterocycles. The van der Waals surface area contributed by atoms with Crippen LogP contribution in [-0.4, -0.2) is 22.0 Å². The molecule has 1 atom stereocenters. The normalized spacial score (nSPS) is 12.5. The fraction of sp³-hybridized carbons (Fsp3) is 0.556. The second-order valence-electron chi connectivity index (χ2n) is 3.17. The van der Waals surface area contributed by atoms with E-state index in [1.54, 1.807) is 13.1 Å². The Bertz CT molecular complexity index is 311. The summed E-state index contributed by atoms with van der Waals surface area (Å²) in [5.74, 6) is 0.722. The summed E-state index contributed by atoms with van der Waals surface area (Å²) in [5.41, 5.74) is 1.00. The number of alkyl halides is 1. The number of aryl methyl sites for hydroxylation is 1. The van der Waals surface area contributed by atoms with Gasteiger partial charge in [-0.15, -0.1) is 11.6 Å². The zero-order valence-electron chi connectivity index (χ0n) is 8.30. The van der Waals surface area contributed by atoms with Gasteiger partial charge in [-0.25, -0.2) is 0 Å². The molecular weight excluding hydrogens is 202 g/mol. The van der Waals surface area contributed by atoms with Crippen LogP contribution in [0, 0.1) is 5.92 Å². The Hall–Kier alpha value is -1.03. The lowest BCUT2D eigenvalue weighted by molar-refractivity contribution is -0.118. The molecule has 1 amide bonds. The quantitative estimate of drug-likeness (QED) is 0.753. The molecule has 0 aliphatic carbocycles. The van der Waals surface area contributed by atoms with Gasteiger partial charge in [0.2, 0.25) is 5.91 Å². The first-order valence-electron chi connectivity index (χ1n) is 4.58. The minimum Gasteiger partial charge on any atom is -0.311 e. The smallest absolute Gasteiger partial charge is 0.229 e. The lowest BCUT2D eigenvalue weighted by atomic mass is 10.2. The summed E-state index contributed by atoms with van der Waals surface area (Å²) in [6.07, 6.45) is 2.54. The van der Waals surface area contributed by atoms with E-state index in [0.717, 1.165) is 12.0 Å². The van der Waals surface area contributed by atoms with E-state index in [9.17, 15) is 4.79 Å². The number of anilines is 1. The molecule has 0 aliphatic rings. The summed E-state index contributed by atoms with van der Waals surface area (Å²) in [6, 6.07) is 0. The van der Waals surface area contributed by atoms with E-state index in [4.69, 9.17) is 11.6 Å². The molecule has 1 aromatic rings. The van der Waals surface area contributed by atoms with Gasteiger partial charge < -0.3 is 5.32 Å². The highest BCUT2D eigenvalue weighted by Gasteiger charge is 2.13. The van der Waals surface area contributed by atoms with Crippen LogP contribution in [-0.2, 0) is 11.2 Å². The van der Waals surface area contributed by atoms with Crippen molar-refractivity contribution >= 4 is 23.3 Å². The minimum atomic E-state index is -0.190. The van der Waals surface area contributed by atoms with Crippen molar-refractivity contribution in [3.05, 3.63) is 11.8 Å². The number of rotatable bonds is 4. The van der Waals surface area contributed by atoms with Crippen molar-refractivity contribution in [2.75, 3.05) is 11.2 Å². The van der Waals surface area contributed by atoms with Crippen LogP contribution in [0.25, 0.3) is 0 Å². The van der Waals surface area contributed by atoms with Crippen molar-refractivity contribution < 1.29 is 4.79 Å². The third-order valence-corrected chi connectivity index (χ3v) is 2.49. The van der Waals surface area contributed by atoms with Crippen molar-refractivity contribution in [3.63, 3.8) is 0 Å². The molecule has 1 unspecified atom stereocenters. The number of nitrogens with zero attached hydrogens (tertiary/aromatic N) is 1. The molecule has 0 bridgehead atoms. The highest BCUT2D eigenvalue weighted by atomic mass is 35.5. The summed E-state index contributed by atoms with van der Waals surface area (Å²) in [7, 11) is 0. The average Bonchev–Trinajstić information content (AvgIpc) is 2.63. The molecule has 1 rings (SSSR count). The molecule has 0 fully saturated rings. The Morgan fingerprint density at radius 1 is 1.79 bits per heavy atom. The predicted molar refractivity (Wildman–Crippen MR) is 56.5 cm³/mol. The monoisotopic (exact) mass is 215 g/mol. The highest BCUT2D eigenvalue weighted by Crippen LogP contribution is 2.12. The number of carbonyl (C=O) groups is 1. The van der Waals surface area contributed by atoms with E-state index in [2.05, 4.69) is 15.5 Å². The Morgan fingerprint density at radius 3 is 3.07 bits per heavy atom. The first kappa shape index (κ1) is 11.0. The first-order valence-corrected chi connectivity index (χ1v) is 5.11. The van der Waals surface area contributed by atoms with Gasteiger partial charge in [0.05, 0.1) is 6.20 Å². The van der Waals surface area contributed by atoms with Crippen molar-refractivity contribution in [3.8, 4) is 0 Å². The van der Waals surface area contributed by atoms with Gasteiger partial charge in [0, 0.05) is 17.4 Å². The van der Waals surface area contributed by atoms with E-state index >= 15 is 0 Å². The number of aromatic nitrogens is 2. The zero-order chi connectivity index (χ0) is 10.6. The van der Waals surface area contributed by atoms with Crippen LogP contribution in [0.5, 0.6) is 0 Å². The van der Waals surface area contributed by atoms with Crippen LogP contribution < -0.4 is 5.32 Å². The van der Waals surface area contributed by atoms with Gasteiger partial charge in [-0.05, 0) is 6.42 Å². The molecule has 0 radical (unpaired) electrons. The predicted octanol–water partition coefficient (Wildman–Crippen LogP) is 1.79. The van der Waals surface area contributed by atoms with Gasteiger partial charge in [-0.2, -0.15) is 5.10 Å². The molecule has 0 spiro atoms. The second-order valence-corrected chi connectivity index (χ2v) is 3.48. The Balaban J connectivity index is 2.64. The minimum absolute atomic E-state index is 0.0843. The van der Waals surface area contributed by atoms with Crippen molar-refractivity contribution in [1.29, 1.82) is 0 Å². The maximum absolute atomic E-state index is 11.5. The fourth-order valence-corrected chi connectivity index (χ4v) is 1.14. The Kier molecular flexibility index (Phi) is 3.95. The maximum Gasteiger partial charge on any atom is 0.229 e. The second kappa shape index (κ2) is 5.00. The van der Waals surface area contributed by atoms with Crippen molar-refractivity contribution in [2.45, 2.75) is 20.3 Å². The molecular formula is C9H14ClN3O. The number of nitrogens with one attached hydrogen (secondary N) is 2. The van der Waals surface area contributed by atoms with Gasteiger partial charge in [0.25, 0.3) is 0 Å². The molecule has 4 nitrogen and oxygen atoms in total. The highest BCUT2D eigenvalue weighted by molar-refractivity contribution is 6.19. The van der Waals surface area contributed by atoms with Gasteiger partial charge in [0.1, 0.15) is 5.82 Å². The van der Waals surface area contributed by atoms with Crippen LogP contribution in [0.1, 0.15) is 19.4 Å². The Morgan fingerprint density at radius 2 is 2.50 bits per heavy atom. The number of aromatic amines is 1. The molecule has 1 aromatic heterocycles.